The van der Waals surface area contributed by atoms with Crippen LogP contribution in [0.15, 0.2) is 42.6 Å². The number of benzene rings is 1. The lowest BCUT2D eigenvalue weighted by molar-refractivity contribution is -0.130. The summed E-state index contributed by atoms with van der Waals surface area (Å²) in [7, 11) is 1.62. The molecule has 1 aromatic carbocycles. The van der Waals surface area contributed by atoms with Gasteiger partial charge in [-0.05, 0) is 17.7 Å². The van der Waals surface area contributed by atoms with Crippen molar-refractivity contribution < 1.29 is 19.1 Å². The van der Waals surface area contributed by atoms with Gasteiger partial charge in [0.05, 0.1) is 6.61 Å². The molecule has 2 heterocycles. The molecule has 1 aliphatic heterocycles. The molecule has 1 fully saturated rings. The van der Waals surface area contributed by atoms with E-state index in [1.807, 2.05) is 29.2 Å². The topological polar surface area (TPSA) is 80.8 Å². The molecule has 0 atom stereocenters. The van der Waals surface area contributed by atoms with Crippen LogP contribution in [0.25, 0.3) is 6.08 Å². The standard InChI is InChI=1S/C24H28ClN3O4/c1-17(29)28-11-9-21(10-12-28)32-23-14-22(26-16-19(23)4-3-13-31-2)24(30)27-15-18-5-7-20(25)8-6-18/h3-8,14,16,21H,9-13,15H2,1-2H3,(H,27,30)/b4-3+. The number of methoxy groups -OCH3 is 1. The zero-order valence-electron chi connectivity index (χ0n) is 18.3. The van der Waals surface area contributed by atoms with E-state index in [0.29, 0.717) is 37.0 Å². The molecular weight excluding hydrogens is 430 g/mol. The number of likely N-dealkylation sites (tertiary alicyclic amines) is 1. The van der Waals surface area contributed by atoms with Gasteiger partial charge in [0, 0.05) is 69.4 Å². The maximum Gasteiger partial charge on any atom is 0.270 e. The molecule has 1 saturated heterocycles. The second kappa shape index (κ2) is 11.6. The minimum atomic E-state index is -0.288. The first-order valence-electron chi connectivity index (χ1n) is 10.6. The van der Waals surface area contributed by atoms with Crippen LogP contribution in [0.5, 0.6) is 5.75 Å². The molecule has 0 saturated carbocycles. The van der Waals surface area contributed by atoms with Gasteiger partial charge in [0.2, 0.25) is 5.91 Å². The van der Waals surface area contributed by atoms with Crippen molar-refractivity contribution in [3.63, 3.8) is 0 Å². The number of aromatic nitrogens is 1. The number of amides is 2. The molecule has 1 aromatic heterocycles. The van der Waals surface area contributed by atoms with Crippen molar-refractivity contribution in [3.8, 4) is 5.75 Å². The van der Waals surface area contributed by atoms with Crippen LogP contribution in [0, 0.1) is 0 Å². The number of carbonyl (C=O) groups is 2. The number of nitrogens with zero attached hydrogens (tertiary/aromatic N) is 2. The lowest BCUT2D eigenvalue weighted by Crippen LogP contribution is -2.40. The van der Waals surface area contributed by atoms with Crippen molar-refractivity contribution in [2.75, 3.05) is 26.8 Å². The van der Waals surface area contributed by atoms with Gasteiger partial charge in [0.15, 0.2) is 0 Å². The van der Waals surface area contributed by atoms with Gasteiger partial charge in [-0.25, -0.2) is 0 Å². The Morgan fingerprint density at radius 3 is 2.62 bits per heavy atom. The summed E-state index contributed by atoms with van der Waals surface area (Å²) in [5.74, 6) is 0.379. The molecule has 2 aromatic rings. The van der Waals surface area contributed by atoms with E-state index >= 15 is 0 Å². The third-order valence-electron chi connectivity index (χ3n) is 5.24. The highest BCUT2D eigenvalue weighted by atomic mass is 35.5. The highest BCUT2D eigenvalue weighted by Gasteiger charge is 2.23. The summed E-state index contributed by atoms with van der Waals surface area (Å²) in [6.07, 6.45) is 6.80. The number of carbonyl (C=O) groups excluding carboxylic acids is 2. The van der Waals surface area contributed by atoms with Gasteiger partial charge in [-0.15, -0.1) is 0 Å². The molecule has 0 unspecified atom stereocenters. The largest absolute Gasteiger partial charge is 0.490 e. The summed E-state index contributed by atoms with van der Waals surface area (Å²) >= 11 is 5.91. The van der Waals surface area contributed by atoms with Crippen LogP contribution in [0.4, 0.5) is 0 Å². The predicted molar refractivity (Wildman–Crippen MR) is 124 cm³/mol. The molecule has 0 bridgehead atoms. The van der Waals surface area contributed by atoms with E-state index in [1.54, 1.807) is 38.4 Å². The average molecular weight is 458 g/mol. The molecule has 0 aliphatic carbocycles. The van der Waals surface area contributed by atoms with Crippen LogP contribution >= 0.6 is 11.6 Å². The molecule has 1 N–H and O–H groups in total. The molecule has 0 radical (unpaired) electrons. The number of hydrogen-bond acceptors (Lipinski definition) is 5. The highest BCUT2D eigenvalue weighted by molar-refractivity contribution is 6.30. The molecule has 8 heteroatoms. The Morgan fingerprint density at radius 1 is 1.25 bits per heavy atom. The Labute approximate surface area is 193 Å². The van der Waals surface area contributed by atoms with Gasteiger partial charge in [-0.3, -0.25) is 14.6 Å². The van der Waals surface area contributed by atoms with E-state index in [0.717, 1.165) is 24.0 Å². The van der Waals surface area contributed by atoms with Gasteiger partial charge in [0.25, 0.3) is 5.91 Å². The van der Waals surface area contributed by atoms with E-state index in [4.69, 9.17) is 21.1 Å². The fourth-order valence-corrected chi connectivity index (χ4v) is 3.54. The van der Waals surface area contributed by atoms with E-state index < -0.39 is 0 Å². The van der Waals surface area contributed by atoms with Crippen LogP contribution in [0.3, 0.4) is 0 Å². The van der Waals surface area contributed by atoms with Crippen LogP contribution in [0.1, 0.15) is 41.4 Å². The maximum absolute atomic E-state index is 12.7. The first kappa shape index (κ1) is 23.8. The van der Waals surface area contributed by atoms with E-state index in [9.17, 15) is 9.59 Å². The van der Waals surface area contributed by atoms with Crippen molar-refractivity contribution in [1.82, 2.24) is 15.2 Å². The summed E-state index contributed by atoms with van der Waals surface area (Å²) in [6, 6.07) is 8.96. The second-order valence-corrected chi connectivity index (χ2v) is 8.03. The Hall–Kier alpha value is -2.90. The van der Waals surface area contributed by atoms with Crippen LogP contribution < -0.4 is 10.1 Å². The van der Waals surface area contributed by atoms with Crippen molar-refractivity contribution in [3.05, 3.63) is 64.4 Å². The van der Waals surface area contributed by atoms with Crippen molar-refractivity contribution in [2.24, 2.45) is 0 Å². The third kappa shape index (κ3) is 6.80. The van der Waals surface area contributed by atoms with Gasteiger partial charge in [0.1, 0.15) is 17.5 Å². The number of pyridine rings is 1. The molecule has 3 rings (SSSR count). The lowest BCUT2D eigenvalue weighted by Gasteiger charge is -2.31. The predicted octanol–water partition coefficient (Wildman–Crippen LogP) is 3.71. The van der Waals surface area contributed by atoms with Gasteiger partial charge in [-0.1, -0.05) is 35.9 Å². The number of ether oxygens (including phenoxy) is 2. The Morgan fingerprint density at radius 2 is 1.97 bits per heavy atom. The lowest BCUT2D eigenvalue weighted by atomic mass is 10.1. The van der Waals surface area contributed by atoms with Crippen LogP contribution in [0.2, 0.25) is 5.02 Å². The minimum Gasteiger partial charge on any atom is -0.490 e. The molecule has 170 valence electrons. The summed E-state index contributed by atoms with van der Waals surface area (Å²) < 4.78 is 11.3. The number of piperidine rings is 1. The maximum atomic E-state index is 12.7. The summed E-state index contributed by atoms with van der Waals surface area (Å²) in [4.78, 5) is 30.4. The minimum absolute atomic E-state index is 0.0347. The zero-order chi connectivity index (χ0) is 22.9. The fraction of sp³-hybridized carbons (Fsp3) is 0.375. The van der Waals surface area contributed by atoms with Crippen LogP contribution in [-0.4, -0.2) is 54.6 Å². The van der Waals surface area contributed by atoms with Crippen LogP contribution in [-0.2, 0) is 16.1 Å². The molecule has 2 amide bonds. The normalized spacial score (nSPS) is 14.5. The smallest absolute Gasteiger partial charge is 0.270 e. The van der Waals surface area contributed by atoms with E-state index in [1.165, 1.54) is 0 Å². The Kier molecular flexibility index (Phi) is 8.64. The van der Waals surface area contributed by atoms with Gasteiger partial charge in [-0.2, -0.15) is 0 Å². The molecular formula is C24H28ClN3O4. The number of rotatable bonds is 8. The average Bonchev–Trinajstić information content (AvgIpc) is 2.80. The summed E-state index contributed by atoms with van der Waals surface area (Å²) in [5.41, 5.74) is 1.99. The first-order chi connectivity index (χ1) is 15.5. The SMILES string of the molecule is COC/C=C/c1cnc(C(=O)NCc2ccc(Cl)cc2)cc1OC1CCN(C(C)=O)CC1. The molecule has 1 aliphatic rings. The third-order valence-corrected chi connectivity index (χ3v) is 5.49. The number of nitrogens with one attached hydrogen (secondary N) is 1. The van der Waals surface area contributed by atoms with Crippen molar-refractivity contribution >= 4 is 29.5 Å². The number of hydrogen-bond donors (Lipinski definition) is 1. The van der Waals surface area contributed by atoms with Gasteiger partial charge < -0.3 is 19.7 Å². The van der Waals surface area contributed by atoms with Crippen molar-refractivity contribution in [1.29, 1.82) is 0 Å². The van der Waals surface area contributed by atoms with Crippen molar-refractivity contribution in [2.45, 2.75) is 32.4 Å². The van der Waals surface area contributed by atoms with E-state index in [-0.39, 0.29) is 23.6 Å². The quantitative estimate of drug-likeness (QED) is 0.653. The monoisotopic (exact) mass is 457 g/mol. The second-order valence-electron chi connectivity index (χ2n) is 7.60. The molecule has 7 nitrogen and oxygen atoms in total. The van der Waals surface area contributed by atoms with Gasteiger partial charge >= 0.3 is 0 Å². The zero-order valence-corrected chi connectivity index (χ0v) is 19.1. The summed E-state index contributed by atoms with van der Waals surface area (Å²) in [6.45, 7) is 3.73. The molecule has 32 heavy (non-hydrogen) atoms. The van der Waals surface area contributed by atoms with E-state index in [2.05, 4.69) is 10.3 Å². The Balaban J connectivity index is 1.71. The highest BCUT2D eigenvalue weighted by Crippen LogP contribution is 2.25. The molecule has 0 spiro atoms. The Bertz CT molecular complexity index is 954. The first-order valence-corrected chi connectivity index (χ1v) is 10.9. The summed E-state index contributed by atoms with van der Waals surface area (Å²) in [5, 5.41) is 3.52. The number of halogens is 1. The fourth-order valence-electron chi connectivity index (χ4n) is 3.41.